The number of carboxylic acids is 1. The number of aryl methyl sites for hydroxylation is 1. The molecule has 5 nitrogen and oxygen atoms in total. The molecule has 0 fully saturated rings. The van der Waals surface area contributed by atoms with Gasteiger partial charge < -0.3 is 5.11 Å². The highest BCUT2D eigenvalue weighted by atomic mass is 16.4. The fourth-order valence-corrected chi connectivity index (χ4v) is 2.25. The average Bonchev–Trinajstić information content (AvgIpc) is 2.81. The van der Waals surface area contributed by atoms with Crippen molar-refractivity contribution in [3.8, 4) is 5.69 Å². The Morgan fingerprint density at radius 3 is 2.65 bits per heavy atom. The molecule has 0 bridgehead atoms. The van der Waals surface area contributed by atoms with E-state index in [4.69, 9.17) is 0 Å². The van der Waals surface area contributed by atoms with Crippen LogP contribution in [0.25, 0.3) is 5.69 Å². The molecule has 0 amide bonds. The second kappa shape index (κ2) is 5.86. The zero-order chi connectivity index (χ0) is 14.7. The summed E-state index contributed by atoms with van der Waals surface area (Å²) in [5.41, 5.74) is 2.74. The molecule has 2 aromatic rings. The molecule has 0 aliphatic rings. The lowest BCUT2D eigenvalue weighted by Crippen LogP contribution is -2.11. The maximum absolute atomic E-state index is 11.3. The van der Waals surface area contributed by atoms with Crippen LogP contribution in [0.15, 0.2) is 24.3 Å². The fourth-order valence-electron chi connectivity index (χ4n) is 2.25. The molecule has 1 heterocycles. The first-order valence-electron chi connectivity index (χ1n) is 6.80. The molecule has 0 radical (unpaired) electrons. The van der Waals surface area contributed by atoms with Crippen molar-refractivity contribution in [3.63, 3.8) is 0 Å². The first-order valence-corrected chi connectivity index (χ1v) is 6.80. The van der Waals surface area contributed by atoms with Crippen LogP contribution < -0.4 is 0 Å². The Labute approximate surface area is 118 Å². The van der Waals surface area contributed by atoms with E-state index in [1.165, 1.54) is 0 Å². The molecular formula is C15H19N3O2. The minimum absolute atomic E-state index is 0.0459. The van der Waals surface area contributed by atoms with Crippen molar-refractivity contribution in [1.29, 1.82) is 0 Å². The smallest absolute Gasteiger partial charge is 0.358 e. The van der Waals surface area contributed by atoms with Crippen LogP contribution in [-0.4, -0.2) is 26.1 Å². The quantitative estimate of drug-likeness (QED) is 0.909. The van der Waals surface area contributed by atoms with Gasteiger partial charge in [0.1, 0.15) is 0 Å². The SMILES string of the molecule is CCc1ccccc1-n1nnc(C(=O)O)c1CC(C)C. The van der Waals surface area contributed by atoms with E-state index in [-0.39, 0.29) is 5.69 Å². The molecule has 0 unspecified atom stereocenters. The lowest BCUT2D eigenvalue weighted by atomic mass is 10.1. The molecule has 0 saturated heterocycles. The number of aromatic carboxylic acids is 1. The summed E-state index contributed by atoms with van der Waals surface area (Å²) in [6, 6.07) is 7.87. The Balaban J connectivity index is 2.59. The summed E-state index contributed by atoms with van der Waals surface area (Å²) < 4.78 is 1.67. The van der Waals surface area contributed by atoms with Crippen LogP contribution in [0.5, 0.6) is 0 Å². The highest BCUT2D eigenvalue weighted by Gasteiger charge is 2.21. The second-order valence-electron chi connectivity index (χ2n) is 5.18. The molecule has 20 heavy (non-hydrogen) atoms. The second-order valence-corrected chi connectivity index (χ2v) is 5.18. The van der Waals surface area contributed by atoms with Crippen LogP contribution in [-0.2, 0) is 12.8 Å². The van der Waals surface area contributed by atoms with Gasteiger partial charge in [-0.1, -0.05) is 44.2 Å². The number of rotatable bonds is 5. The monoisotopic (exact) mass is 273 g/mol. The lowest BCUT2D eigenvalue weighted by molar-refractivity contribution is 0.0689. The van der Waals surface area contributed by atoms with Crippen molar-refractivity contribution in [3.05, 3.63) is 41.2 Å². The van der Waals surface area contributed by atoms with Gasteiger partial charge in [0.25, 0.3) is 0 Å². The van der Waals surface area contributed by atoms with Crippen molar-refractivity contribution in [2.45, 2.75) is 33.6 Å². The van der Waals surface area contributed by atoms with Gasteiger partial charge in [0, 0.05) is 0 Å². The number of aromatic nitrogens is 3. The number of carboxylic acid groups (broad SMARTS) is 1. The summed E-state index contributed by atoms with van der Waals surface area (Å²) in [6.45, 7) is 6.17. The van der Waals surface area contributed by atoms with Crippen molar-refractivity contribution in [1.82, 2.24) is 15.0 Å². The summed E-state index contributed by atoms with van der Waals surface area (Å²) in [4.78, 5) is 11.3. The van der Waals surface area contributed by atoms with E-state index < -0.39 is 5.97 Å². The summed E-state index contributed by atoms with van der Waals surface area (Å²) in [5.74, 6) is -0.694. The van der Waals surface area contributed by atoms with E-state index in [1.807, 2.05) is 24.3 Å². The van der Waals surface area contributed by atoms with Gasteiger partial charge in [-0.05, 0) is 30.4 Å². The Morgan fingerprint density at radius 1 is 1.35 bits per heavy atom. The summed E-state index contributed by atoms with van der Waals surface area (Å²) in [7, 11) is 0. The zero-order valence-corrected chi connectivity index (χ0v) is 12.0. The summed E-state index contributed by atoms with van der Waals surface area (Å²) in [6.07, 6.45) is 1.49. The Morgan fingerprint density at radius 2 is 2.05 bits per heavy atom. The largest absolute Gasteiger partial charge is 0.476 e. The van der Waals surface area contributed by atoms with Gasteiger partial charge in [-0.2, -0.15) is 0 Å². The molecule has 5 heteroatoms. The molecule has 0 aliphatic carbocycles. The summed E-state index contributed by atoms with van der Waals surface area (Å²) in [5, 5.41) is 17.1. The van der Waals surface area contributed by atoms with Crippen LogP contribution >= 0.6 is 0 Å². The predicted octanol–water partition coefficient (Wildman–Crippen LogP) is 2.73. The molecule has 0 saturated carbocycles. The van der Waals surface area contributed by atoms with Crippen molar-refractivity contribution >= 4 is 5.97 Å². The molecule has 0 aliphatic heterocycles. The topological polar surface area (TPSA) is 68.0 Å². The zero-order valence-electron chi connectivity index (χ0n) is 12.0. The minimum Gasteiger partial charge on any atom is -0.476 e. The highest BCUT2D eigenvalue weighted by Crippen LogP contribution is 2.20. The third-order valence-electron chi connectivity index (χ3n) is 3.17. The van der Waals surface area contributed by atoms with E-state index in [9.17, 15) is 9.90 Å². The van der Waals surface area contributed by atoms with Crippen molar-refractivity contribution in [2.75, 3.05) is 0 Å². The Kier molecular flexibility index (Phi) is 4.17. The van der Waals surface area contributed by atoms with Gasteiger partial charge in [0.2, 0.25) is 0 Å². The third kappa shape index (κ3) is 2.71. The Bertz CT molecular complexity index is 617. The first kappa shape index (κ1) is 14.2. The molecule has 0 spiro atoms. The first-order chi connectivity index (χ1) is 9.54. The standard InChI is InChI=1S/C15H19N3O2/c1-4-11-7-5-6-8-12(11)18-13(9-10(2)3)14(15(19)20)16-17-18/h5-8,10H,4,9H2,1-3H3,(H,19,20). The van der Waals surface area contributed by atoms with Gasteiger partial charge in [-0.15, -0.1) is 5.10 Å². The molecule has 0 atom stereocenters. The minimum atomic E-state index is -1.03. The lowest BCUT2D eigenvalue weighted by Gasteiger charge is -2.12. The molecule has 1 aromatic heterocycles. The van der Waals surface area contributed by atoms with Gasteiger partial charge in [0.05, 0.1) is 11.4 Å². The highest BCUT2D eigenvalue weighted by molar-refractivity contribution is 5.86. The van der Waals surface area contributed by atoms with Crippen LogP contribution in [0, 0.1) is 5.92 Å². The number of para-hydroxylation sites is 1. The number of nitrogens with zero attached hydrogens (tertiary/aromatic N) is 3. The van der Waals surface area contributed by atoms with Crippen LogP contribution in [0.1, 0.15) is 42.5 Å². The maximum atomic E-state index is 11.3. The molecular weight excluding hydrogens is 254 g/mol. The van der Waals surface area contributed by atoms with E-state index in [1.54, 1.807) is 4.68 Å². The van der Waals surface area contributed by atoms with E-state index >= 15 is 0 Å². The molecule has 1 N–H and O–H groups in total. The van der Waals surface area contributed by atoms with E-state index in [0.717, 1.165) is 17.7 Å². The van der Waals surface area contributed by atoms with E-state index in [0.29, 0.717) is 18.0 Å². The molecule has 106 valence electrons. The normalized spacial score (nSPS) is 11.0. The third-order valence-corrected chi connectivity index (χ3v) is 3.17. The average molecular weight is 273 g/mol. The Hall–Kier alpha value is -2.17. The van der Waals surface area contributed by atoms with Gasteiger partial charge in [-0.25, -0.2) is 9.48 Å². The van der Waals surface area contributed by atoms with Crippen LogP contribution in [0.2, 0.25) is 0 Å². The van der Waals surface area contributed by atoms with Crippen molar-refractivity contribution < 1.29 is 9.90 Å². The molecule has 1 aromatic carbocycles. The van der Waals surface area contributed by atoms with Gasteiger partial charge >= 0.3 is 5.97 Å². The number of carbonyl (C=O) groups is 1. The number of hydrogen-bond acceptors (Lipinski definition) is 3. The number of benzene rings is 1. The summed E-state index contributed by atoms with van der Waals surface area (Å²) >= 11 is 0. The number of hydrogen-bond donors (Lipinski definition) is 1. The van der Waals surface area contributed by atoms with Crippen LogP contribution in [0.3, 0.4) is 0 Å². The van der Waals surface area contributed by atoms with Gasteiger partial charge in [-0.3, -0.25) is 0 Å². The predicted molar refractivity (Wildman–Crippen MR) is 76.2 cm³/mol. The maximum Gasteiger partial charge on any atom is 0.358 e. The molecule has 2 rings (SSSR count). The van der Waals surface area contributed by atoms with Crippen molar-refractivity contribution in [2.24, 2.45) is 5.92 Å². The van der Waals surface area contributed by atoms with E-state index in [2.05, 4.69) is 31.1 Å². The fraction of sp³-hybridized carbons (Fsp3) is 0.400. The van der Waals surface area contributed by atoms with Crippen LogP contribution in [0.4, 0.5) is 0 Å². The van der Waals surface area contributed by atoms with Gasteiger partial charge in [0.15, 0.2) is 5.69 Å².